The van der Waals surface area contributed by atoms with Crippen LogP contribution in [0.25, 0.3) is 0 Å². The van der Waals surface area contributed by atoms with Gasteiger partial charge < -0.3 is 0 Å². The fraction of sp³-hybridized carbons (Fsp3) is 0.273. The number of alkyl halides is 3. The molecule has 4 heteroatoms. The Labute approximate surface area is 86.6 Å². The highest BCUT2D eigenvalue weighted by molar-refractivity contribution is 5.14. The first-order valence-corrected chi connectivity index (χ1v) is 4.50. The Bertz CT molecular complexity index is 305. The first kappa shape index (κ1) is 11.8. The van der Waals surface area contributed by atoms with Crippen molar-refractivity contribution in [2.24, 2.45) is 0 Å². The number of hydrogen-bond donors (Lipinski definition) is 1. The molecule has 0 heterocycles. The van der Waals surface area contributed by atoms with Crippen LogP contribution in [0, 0.1) is 0 Å². The third-order valence-electron chi connectivity index (χ3n) is 1.96. The normalized spacial score (nSPS) is 13.5. The zero-order valence-corrected chi connectivity index (χ0v) is 8.09. The van der Waals surface area contributed by atoms with E-state index in [-0.39, 0.29) is 6.54 Å². The molecule has 0 radical (unpaired) electrons. The second kappa shape index (κ2) is 4.98. The Morgan fingerprint density at radius 1 is 1.27 bits per heavy atom. The van der Waals surface area contributed by atoms with E-state index in [0.29, 0.717) is 0 Å². The minimum absolute atomic E-state index is 0.178. The summed E-state index contributed by atoms with van der Waals surface area (Å²) in [5.74, 6) is 0. The average Bonchev–Trinajstić information content (AvgIpc) is 2.18. The summed E-state index contributed by atoms with van der Waals surface area (Å²) < 4.78 is 36.9. The third-order valence-corrected chi connectivity index (χ3v) is 1.96. The minimum Gasteiger partial charge on any atom is -0.299 e. The van der Waals surface area contributed by atoms with Gasteiger partial charge in [0.05, 0.1) is 0 Å². The average molecular weight is 215 g/mol. The van der Waals surface area contributed by atoms with Crippen molar-refractivity contribution in [2.45, 2.75) is 18.8 Å². The molecule has 0 fully saturated rings. The molecule has 15 heavy (non-hydrogen) atoms. The van der Waals surface area contributed by atoms with Crippen LogP contribution in [0.3, 0.4) is 0 Å². The Morgan fingerprint density at radius 3 is 2.33 bits per heavy atom. The topological polar surface area (TPSA) is 12.0 Å². The van der Waals surface area contributed by atoms with Gasteiger partial charge >= 0.3 is 6.18 Å². The summed E-state index contributed by atoms with van der Waals surface area (Å²) in [6.07, 6.45) is -3.42. The first-order chi connectivity index (χ1) is 7.04. The van der Waals surface area contributed by atoms with E-state index < -0.39 is 12.2 Å². The van der Waals surface area contributed by atoms with Crippen molar-refractivity contribution in [3.63, 3.8) is 0 Å². The Balaban J connectivity index is 2.52. The van der Waals surface area contributed by atoms with Crippen molar-refractivity contribution >= 4 is 0 Å². The molecule has 1 rings (SSSR count). The fourth-order valence-corrected chi connectivity index (χ4v) is 1.16. The van der Waals surface area contributed by atoms with Gasteiger partial charge in [0.25, 0.3) is 0 Å². The van der Waals surface area contributed by atoms with E-state index in [4.69, 9.17) is 0 Å². The number of nitrogens with one attached hydrogen (secondary N) is 1. The molecule has 1 unspecified atom stereocenters. The van der Waals surface area contributed by atoms with Crippen LogP contribution in [0.4, 0.5) is 13.2 Å². The smallest absolute Gasteiger partial charge is 0.299 e. The van der Waals surface area contributed by atoms with Crippen LogP contribution >= 0.6 is 0 Å². The van der Waals surface area contributed by atoms with Gasteiger partial charge in [0.2, 0.25) is 0 Å². The van der Waals surface area contributed by atoms with Crippen LogP contribution < -0.4 is 5.32 Å². The second-order valence-corrected chi connectivity index (χ2v) is 3.12. The van der Waals surface area contributed by atoms with Crippen LogP contribution in [-0.4, -0.2) is 12.2 Å². The number of halogens is 3. The lowest BCUT2D eigenvalue weighted by molar-refractivity contribution is -0.144. The highest BCUT2D eigenvalue weighted by Gasteiger charge is 2.36. The van der Waals surface area contributed by atoms with Crippen LogP contribution in [0.1, 0.15) is 5.56 Å². The summed E-state index contributed by atoms with van der Waals surface area (Å²) in [6, 6.07) is 7.27. The molecule has 0 aliphatic carbocycles. The molecule has 0 saturated carbocycles. The Kier molecular flexibility index (Phi) is 3.91. The Morgan fingerprint density at radius 2 is 1.87 bits per heavy atom. The van der Waals surface area contributed by atoms with Crippen LogP contribution in [0.5, 0.6) is 0 Å². The first-order valence-electron chi connectivity index (χ1n) is 4.50. The van der Waals surface area contributed by atoms with E-state index in [1.54, 1.807) is 24.3 Å². The van der Waals surface area contributed by atoms with Crippen molar-refractivity contribution in [1.29, 1.82) is 0 Å². The number of rotatable bonds is 4. The van der Waals surface area contributed by atoms with E-state index in [1.807, 2.05) is 6.07 Å². The van der Waals surface area contributed by atoms with Crippen molar-refractivity contribution in [1.82, 2.24) is 5.32 Å². The molecule has 1 N–H and O–H groups in total. The van der Waals surface area contributed by atoms with Gasteiger partial charge in [0.15, 0.2) is 0 Å². The SMILES string of the molecule is C=CC(NCc1ccccc1)C(F)(F)F. The molecule has 0 amide bonds. The summed E-state index contributed by atoms with van der Waals surface area (Å²) in [5.41, 5.74) is 0.814. The van der Waals surface area contributed by atoms with E-state index in [9.17, 15) is 13.2 Å². The van der Waals surface area contributed by atoms with Crippen molar-refractivity contribution in [3.8, 4) is 0 Å². The summed E-state index contributed by atoms with van der Waals surface area (Å²) in [4.78, 5) is 0. The van der Waals surface area contributed by atoms with Gasteiger partial charge in [-0.1, -0.05) is 36.4 Å². The van der Waals surface area contributed by atoms with Crippen LogP contribution in [0.15, 0.2) is 43.0 Å². The molecule has 0 saturated heterocycles. The third kappa shape index (κ3) is 3.75. The quantitative estimate of drug-likeness (QED) is 0.761. The molecule has 1 nitrogen and oxygen atoms in total. The van der Waals surface area contributed by atoms with E-state index in [2.05, 4.69) is 11.9 Å². The molecular formula is C11H12F3N. The predicted molar refractivity (Wildman–Crippen MR) is 53.3 cm³/mol. The Hall–Kier alpha value is -1.29. The molecule has 1 aromatic carbocycles. The van der Waals surface area contributed by atoms with Gasteiger partial charge in [-0.25, -0.2) is 0 Å². The molecule has 0 aliphatic rings. The lowest BCUT2D eigenvalue weighted by atomic mass is 10.2. The molecule has 0 aromatic heterocycles. The van der Waals surface area contributed by atoms with E-state index in [1.165, 1.54) is 0 Å². The van der Waals surface area contributed by atoms with Crippen molar-refractivity contribution < 1.29 is 13.2 Å². The predicted octanol–water partition coefficient (Wildman–Crippen LogP) is 2.89. The van der Waals surface area contributed by atoms with Crippen molar-refractivity contribution in [2.75, 3.05) is 0 Å². The molecular weight excluding hydrogens is 203 g/mol. The fourth-order valence-electron chi connectivity index (χ4n) is 1.16. The largest absolute Gasteiger partial charge is 0.407 e. The maximum atomic E-state index is 12.3. The summed E-state index contributed by atoms with van der Waals surface area (Å²) in [5, 5.41) is 2.38. The van der Waals surface area contributed by atoms with Gasteiger partial charge in [0.1, 0.15) is 6.04 Å². The van der Waals surface area contributed by atoms with Gasteiger partial charge in [-0.15, -0.1) is 6.58 Å². The zero-order valence-electron chi connectivity index (χ0n) is 8.09. The lowest BCUT2D eigenvalue weighted by Crippen LogP contribution is -2.39. The van der Waals surface area contributed by atoms with Crippen molar-refractivity contribution in [3.05, 3.63) is 48.6 Å². The van der Waals surface area contributed by atoms with Crippen LogP contribution in [-0.2, 0) is 6.54 Å². The van der Waals surface area contributed by atoms with Gasteiger partial charge in [-0.3, -0.25) is 5.32 Å². The zero-order chi connectivity index (χ0) is 11.3. The summed E-state index contributed by atoms with van der Waals surface area (Å²) in [6.45, 7) is 3.33. The maximum Gasteiger partial charge on any atom is 0.407 e. The molecule has 82 valence electrons. The highest BCUT2D eigenvalue weighted by atomic mass is 19.4. The monoisotopic (exact) mass is 215 g/mol. The molecule has 1 aromatic rings. The standard InChI is InChI=1S/C11H12F3N/c1-2-10(11(12,13)14)15-8-9-6-4-3-5-7-9/h2-7,10,15H,1,8H2. The molecule has 0 bridgehead atoms. The lowest BCUT2D eigenvalue weighted by Gasteiger charge is -2.17. The van der Waals surface area contributed by atoms with Gasteiger partial charge in [-0.05, 0) is 5.56 Å². The minimum atomic E-state index is -4.28. The molecule has 0 spiro atoms. The summed E-state index contributed by atoms with van der Waals surface area (Å²) in [7, 11) is 0. The van der Waals surface area contributed by atoms with Gasteiger partial charge in [0, 0.05) is 6.54 Å². The van der Waals surface area contributed by atoms with Crippen LogP contribution in [0.2, 0.25) is 0 Å². The van der Waals surface area contributed by atoms with E-state index >= 15 is 0 Å². The molecule has 0 aliphatic heterocycles. The molecule has 1 atom stereocenters. The number of benzene rings is 1. The second-order valence-electron chi connectivity index (χ2n) is 3.12. The summed E-state index contributed by atoms with van der Waals surface area (Å²) >= 11 is 0. The highest BCUT2D eigenvalue weighted by Crippen LogP contribution is 2.20. The maximum absolute atomic E-state index is 12.3. The van der Waals surface area contributed by atoms with E-state index in [0.717, 1.165) is 11.6 Å². The van der Waals surface area contributed by atoms with Gasteiger partial charge in [-0.2, -0.15) is 13.2 Å². The number of hydrogen-bond acceptors (Lipinski definition) is 1.